The number of benzene rings is 1. The lowest BCUT2D eigenvalue weighted by Gasteiger charge is -2.31. The van der Waals surface area contributed by atoms with Crippen LogP contribution < -0.4 is 0 Å². The molecule has 9 heteroatoms. The largest absolute Gasteiger partial charge is 0.416 e. The summed E-state index contributed by atoms with van der Waals surface area (Å²) in [6.45, 7) is 1.86. The van der Waals surface area contributed by atoms with Crippen molar-refractivity contribution in [3.63, 3.8) is 0 Å². The molecule has 4 nitrogen and oxygen atoms in total. The molecule has 0 saturated carbocycles. The zero-order chi connectivity index (χ0) is 18.2. The summed E-state index contributed by atoms with van der Waals surface area (Å²) in [5.74, 6) is -0.0175. The molecule has 1 unspecified atom stereocenters. The first-order valence-electron chi connectivity index (χ1n) is 7.77. The molecule has 1 aliphatic heterocycles. The molecule has 0 N–H and O–H groups in total. The Bertz CT molecular complexity index is 849. The molecule has 0 radical (unpaired) electrons. The molecule has 0 amide bonds. The highest BCUT2D eigenvalue weighted by Crippen LogP contribution is 2.35. The number of halogens is 3. The third kappa shape index (κ3) is 3.73. The van der Waals surface area contributed by atoms with Crippen LogP contribution in [-0.2, 0) is 16.2 Å². The fraction of sp³-hybridized carbons (Fsp3) is 0.438. The van der Waals surface area contributed by atoms with Crippen LogP contribution in [0.25, 0.3) is 0 Å². The number of piperidine rings is 1. The van der Waals surface area contributed by atoms with Crippen molar-refractivity contribution in [3.8, 4) is 0 Å². The quantitative estimate of drug-likeness (QED) is 0.795. The first kappa shape index (κ1) is 18.3. The van der Waals surface area contributed by atoms with Gasteiger partial charge in [-0.25, -0.2) is 13.4 Å². The van der Waals surface area contributed by atoms with E-state index in [1.807, 2.05) is 5.38 Å². The minimum atomic E-state index is -4.58. The normalized spacial score (nSPS) is 19.9. The van der Waals surface area contributed by atoms with Gasteiger partial charge in [-0.1, -0.05) is 6.07 Å². The van der Waals surface area contributed by atoms with Crippen LogP contribution in [0, 0.1) is 6.92 Å². The van der Waals surface area contributed by atoms with E-state index in [-0.39, 0.29) is 22.9 Å². The monoisotopic (exact) mass is 390 g/mol. The molecule has 1 fully saturated rings. The molecule has 0 bridgehead atoms. The molecule has 1 atom stereocenters. The van der Waals surface area contributed by atoms with Crippen molar-refractivity contribution in [1.29, 1.82) is 0 Å². The number of hydrogen-bond donors (Lipinski definition) is 0. The number of alkyl halides is 3. The standard InChI is InChI=1S/C16H17F3N2O2S2/c1-11-4-5-13(9-14(11)16(17,18)19)25(22,23)21-7-2-3-12(10-21)15-20-6-8-24-15/h4-6,8-9,12H,2-3,7,10H2,1H3. The van der Waals surface area contributed by atoms with Gasteiger partial charge in [-0.05, 0) is 37.5 Å². The van der Waals surface area contributed by atoms with E-state index < -0.39 is 21.8 Å². The van der Waals surface area contributed by atoms with Gasteiger partial charge in [0.05, 0.1) is 15.5 Å². The number of hydrogen-bond acceptors (Lipinski definition) is 4. The van der Waals surface area contributed by atoms with E-state index in [2.05, 4.69) is 4.98 Å². The van der Waals surface area contributed by atoms with Gasteiger partial charge in [-0.2, -0.15) is 17.5 Å². The summed E-state index contributed by atoms with van der Waals surface area (Å²) in [4.78, 5) is 3.92. The van der Waals surface area contributed by atoms with Gasteiger partial charge in [0.25, 0.3) is 0 Å². The second kappa shape index (κ2) is 6.69. The zero-order valence-corrected chi connectivity index (χ0v) is 15.1. The Labute approximate surface area is 148 Å². The Morgan fingerprint density at radius 3 is 2.72 bits per heavy atom. The lowest BCUT2D eigenvalue weighted by Crippen LogP contribution is -2.39. The molecule has 136 valence electrons. The van der Waals surface area contributed by atoms with Crippen molar-refractivity contribution in [2.24, 2.45) is 0 Å². The highest BCUT2D eigenvalue weighted by Gasteiger charge is 2.36. The molecule has 0 spiro atoms. The second-order valence-corrected chi connectivity index (χ2v) is 8.91. The predicted molar refractivity (Wildman–Crippen MR) is 89.0 cm³/mol. The van der Waals surface area contributed by atoms with Crippen LogP contribution in [0.15, 0.2) is 34.7 Å². The maximum Gasteiger partial charge on any atom is 0.416 e. The third-order valence-corrected chi connectivity index (χ3v) is 7.14. The van der Waals surface area contributed by atoms with Crippen LogP contribution in [0.2, 0.25) is 0 Å². The van der Waals surface area contributed by atoms with E-state index in [9.17, 15) is 21.6 Å². The Kier molecular flexibility index (Phi) is 4.91. The van der Waals surface area contributed by atoms with Crippen LogP contribution in [0.5, 0.6) is 0 Å². The van der Waals surface area contributed by atoms with E-state index in [0.717, 1.165) is 17.5 Å². The van der Waals surface area contributed by atoms with Gasteiger partial charge < -0.3 is 0 Å². The highest BCUT2D eigenvalue weighted by molar-refractivity contribution is 7.89. The van der Waals surface area contributed by atoms with Crippen molar-refractivity contribution in [2.45, 2.75) is 36.8 Å². The van der Waals surface area contributed by atoms with Crippen molar-refractivity contribution in [2.75, 3.05) is 13.1 Å². The van der Waals surface area contributed by atoms with Gasteiger partial charge in [0.15, 0.2) is 0 Å². The Balaban J connectivity index is 1.91. The van der Waals surface area contributed by atoms with Gasteiger partial charge in [0.1, 0.15) is 0 Å². The van der Waals surface area contributed by atoms with E-state index in [1.54, 1.807) is 6.20 Å². The zero-order valence-electron chi connectivity index (χ0n) is 13.5. The van der Waals surface area contributed by atoms with Crippen LogP contribution in [0.1, 0.15) is 34.9 Å². The maximum atomic E-state index is 13.1. The van der Waals surface area contributed by atoms with E-state index >= 15 is 0 Å². The topological polar surface area (TPSA) is 50.3 Å². The van der Waals surface area contributed by atoms with Crippen LogP contribution in [-0.4, -0.2) is 30.8 Å². The highest BCUT2D eigenvalue weighted by atomic mass is 32.2. The predicted octanol–water partition coefficient (Wildman–Crippen LogP) is 4.04. The van der Waals surface area contributed by atoms with Gasteiger partial charge in [0, 0.05) is 30.6 Å². The molecule has 1 aliphatic rings. The summed E-state index contributed by atoms with van der Waals surface area (Å²) < 4.78 is 66.2. The van der Waals surface area contributed by atoms with Gasteiger partial charge in [-0.3, -0.25) is 0 Å². The third-order valence-electron chi connectivity index (χ3n) is 4.34. The molecular weight excluding hydrogens is 373 g/mol. The summed E-state index contributed by atoms with van der Waals surface area (Å²) in [5.41, 5.74) is -0.909. The average Bonchev–Trinajstić information content (AvgIpc) is 3.08. The first-order valence-corrected chi connectivity index (χ1v) is 10.1. The van der Waals surface area contributed by atoms with E-state index in [1.165, 1.54) is 34.7 Å². The lowest BCUT2D eigenvalue weighted by atomic mass is 10.0. The second-order valence-electron chi connectivity index (χ2n) is 6.05. The van der Waals surface area contributed by atoms with Crippen molar-refractivity contribution in [3.05, 3.63) is 45.9 Å². The number of aryl methyl sites for hydroxylation is 1. The summed E-state index contributed by atoms with van der Waals surface area (Å²) in [5, 5.41) is 2.69. The number of nitrogens with zero attached hydrogens (tertiary/aromatic N) is 2. The SMILES string of the molecule is Cc1ccc(S(=O)(=O)N2CCCC(c3nccs3)C2)cc1C(F)(F)F. The Hall–Kier alpha value is -1.45. The van der Waals surface area contributed by atoms with Crippen molar-refractivity contribution >= 4 is 21.4 Å². The van der Waals surface area contributed by atoms with Crippen LogP contribution in [0.4, 0.5) is 13.2 Å². The lowest BCUT2D eigenvalue weighted by molar-refractivity contribution is -0.138. The summed E-state index contributed by atoms with van der Waals surface area (Å²) in [6.07, 6.45) is -1.44. The summed E-state index contributed by atoms with van der Waals surface area (Å²) in [7, 11) is -3.98. The fourth-order valence-corrected chi connectivity index (χ4v) is 5.33. The maximum absolute atomic E-state index is 13.1. The minimum absolute atomic E-state index is 0.00533. The molecule has 2 heterocycles. The van der Waals surface area contributed by atoms with E-state index in [4.69, 9.17) is 0 Å². The van der Waals surface area contributed by atoms with Gasteiger partial charge >= 0.3 is 6.18 Å². The van der Waals surface area contributed by atoms with Gasteiger partial charge in [0.2, 0.25) is 10.0 Å². The number of sulfonamides is 1. The van der Waals surface area contributed by atoms with Crippen LogP contribution in [0.3, 0.4) is 0 Å². The van der Waals surface area contributed by atoms with Crippen LogP contribution >= 0.6 is 11.3 Å². The van der Waals surface area contributed by atoms with Crippen molar-refractivity contribution < 1.29 is 21.6 Å². The number of rotatable bonds is 3. The average molecular weight is 390 g/mol. The summed E-state index contributed by atoms with van der Waals surface area (Å²) >= 11 is 1.46. The molecule has 1 saturated heterocycles. The Morgan fingerprint density at radius 2 is 2.08 bits per heavy atom. The first-order chi connectivity index (χ1) is 11.7. The fourth-order valence-electron chi connectivity index (χ4n) is 3.01. The molecule has 3 rings (SSSR count). The molecule has 1 aromatic carbocycles. The number of aromatic nitrogens is 1. The molecule has 2 aromatic rings. The molecular formula is C16H17F3N2O2S2. The summed E-state index contributed by atoms with van der Waals surface area (Å²) in [6, 6.07) is 3.18. The minimum Gasteiger partial charge on any atom is -0.249 e. The van der Waals surface area contributed by atoms with Gasteiger partial charge in [-0.15, -0.1) is 11.3 Å². The van der Waals surface area contributed by atoms with E-state index in [0.29, 0.717) is 13.0 Å². The molecule has 0 aliphatic carbocycles. The Morgan fingerprint density at radius 1 is 1.32 bits per heavy atom. The van der Waals surface area contributed by atoms with Crippen molar-refractivity contribution in [1.82, 2.24) is 9.29 Å². The molecule has 1 aromatic heterocycles. The number of thiazole rings is 1. The molecule has 25 heavy (non-hydrogen) atoms. The smallest absolute Gasteiger partial charge is 0.249 e.